The number of likely N-dealkylation sites (tertiary alicyclic amines) is 1. The Labute approximate surface area is 164 Å². The van der Waals surface area contributed by atoms with Crippen molar-refractivity contribution in [3.63, 3.8) is 0 Å². The van der Waals surface area contributed by atoms with E-state index in [0.29, 0.717) is 5.88 Å². The van der Waals surface area contributed by atoms with Crippen LogP contribution < -0.4 is 10.1 Å². The first kappa shape index (κ1) is 19.0. The molecule has 1 aromatic rings. The van der Waals surface area contributed by atoms with Gasteiger partial charge in [-0.1, -0.05) is 6.42 Å². The molecule has 0 bridgehead atoms. The number of piperidine rings is 1. The van der Waals surface area contributed by atoms with E-state index in [4.69, 9.17) is 4.74 Å². The van der Waals surface area contributed by atoms with Crippen LogP contribution in [0.3, 0.4) is 0 Å². The van der Waals surface area contributed by atoms with E-state index in [1.54, 1.807) is 6.33 Å². The predicted octanol–water partition coefficient (Wildman–Crippen LogP) is 4.36. The van der Waals surface area contributed by atoms with Crippen molar-refractivity contribution < 1.29 is 4.74 Å². The molecule has 2 aliphatic carbocycles. The lowest BCUT2D eigenvalue weighted by atomic mass is 9.59. The molecule has 1 spiro atoms. The van der Waals surface area contributed by atoms with Gasteiger partial charge in [0, 0.05) is 12.6 Å². The number of nitrogens with one attached hydrogen (secondary N) is 1. The average molecular weight is 373 g/mol. The predicted molar refractivity (Wildman–Crippen MR) is 109 cm³/mol. The van der Waals surface area contributed by atoms with Crippen molar-refractivity contribution in [2.24, 2.45) is 17.3 Å². The maximum absolute atomic E-state index is 5.91. The molecule has 0 atom stereocenters. The molecule has 150 valence electrons. The van der Waals surface area contributed by atoms with Gasteiger partial charge in [-0.15, -0.1) is 0 Å². The Morgan fingerprint density at radius 2 is 1.85 bits per heavy atom. The van der Waals surface area contributed by atoms with E-state index < -0.39 is 0 Å². The van der Waals surface area contributed by atoms with Crippen LogP contribution in [0, 0.1) is 17.3 Å². The lowest BCUT2D eigenvalue weighted by Crippen LogP contribution is -2.35. The number of hydrogen-bond donors (Lipinski definition) is 1. The molecule has 1 aliphatic heterocycles. The Kier molecular flexibility index (Phi) is 6.16. The summed E-state index contributed by atoms with van der Waals surface area (Å²) in [4.78, 5) is 11.1. The molecule has 3 fully saturated rings. The van der Waals surface area contributed by atoms with Crippen LogP contribution in [0.5, 0.6) is 5.88 Å². The van der Waals surface area contributed by atoms with Crippen molar-refractivity contribution in [1.82, 2.24) is 14.9 Å². The zero-order valence-electron chi connectivity index (χ0n) is 17.0. The Balaban J connectivity index is 1.16. The third kappa shape index (κ3) is 5.13. The molecule has 0 unspecified atom stereocenters. The first-order chi connectivity index (χ1) is 13.2. The van der Waals surface area contributed by atoms with Gasteiger partial charge in [0.2, 0.25) is 5.88 Å². The summed E-state index contributed by atoms with van der Waals surface area (Å²) in [5.74, 6) is 3.20. The van der Waals surface area contributed by atoms with Gasteiger partial charge in [0.05, 0.1) is 6.61 Å². The minimum atomic E-state index is 0.706. The van der Waals surface area contributed by atoms with E-state index in [1.165, 1.54) is 70.9 Å². The van der Waals surface area contributed by atoms with Crippen molar-refractivity contribution in [3.05, 3.63) is 12.4 Å². The molecule has 0 aromatic carbocycles. The molecule has 5 nitrogen and oxygen atoms in total. The zero-order chi connectivity index (χ0) is 18.5. The number of anilines is 1. The van der Waals surface area contributed by atoms with Crippen LogP contribution in [-0.4, -0.2) is 48.2 Å². The van der Waals surface area contributed by atoms with E-state index >= 15 is 0 Å². The normalized spacial score (nSPS) is 23.9. The van der Waals surface area contributed by atoms with Crippen LogP contribution in [-0.2, 0) is 0 Å². The Morgan fingerprint density at radius 3 is 2.56 bits per heavy atom. The van der Waals surface area contributed by atoms with Gasteiger partial charge in [0.1, 0.15) is 12.1 Å². The second-order valence-corrected chi connectivity index (χ2v) is 9.30. The molecule has 1 saturated heterocycles. The van der Waals surface area contributed by atoms with Crippen LogP contribution in [0.1, 0.15) is 64.2 Å². The quantitative estimate of drug-likeness (QED) is 0.771. The summed E-state index contributed by atoms with van der Waals surface area (Å²) in [6.07, 6.45) is 15.4. The van der Waals surface area contributed by atoms with E-state index in [9.17, 15) is 0 Å². The van der Waals surface area contributed by atoms with Crippen molar-refractivity contribution >= 4 is 5.82 Å². The highest BCUT2D eigenvalue weighted by Crippen LogP contribution is 2.52. The molecular weight excluding hydrogens is 336 g/mol. The lowest BCUT2D eigenvalue weighted by Gasteiger charge is -2.47. The second kappa shape index (κ2) is 8.76. The topological polar surface area (TPSA) is 50.3 Å². The van der Waals surface area contributed by atoms with Gasteiger partial charge in [-0.05, 0) is 95.2 Å². The van der Waals surface area contributed by atoms with Crippen molar-refractivity contribution in [2.45, 2.75) is 64.2 Å². The van der Waals surface area contributed by atoms with E-state index in [2.05, 4.69) is 27.2 Å². The fraction of sp³-hybridized carbons (Fsp3) is 0.818. The van der Waals surface area contributed by atoms with Gasteiger partial charge in [-0.2, -0.15) is 0 Å². The van der Waals surface area contributed by atoms with Crippen molar-refractivity contribution in [2.75, 3.05) is 38.6 Å². The van der Waals surface area contributed by atoms with Crippen LogP contribution in [0.4, 0.5) is 5.82 Å². The van der Waals surface area contributed by atoms with Crippen LogP contribution >= 0.6 is 0 Å². The number of aromatic nitrogens is 2. The summed E-state index contributed by atoms with van der Waals surface area (Å²) in [6.45, 7) is 4.22. The highest BCUT2D eigenvalue weighted by atomic mass is 16.5. The molecule has 2 saturated carbocycles. The Bertz CT molecular complexity index is 586. The third-order valence-electron chi connectivity index (χ3n) is 7.41. The summed E-state index contributed by atoms with van der Waals surface area (Å²) < 4.78 is 5.91. The Morgan fingerprint density at radius 1 is 1.07 bits per heavy atom. The lowest BCUT2D eigenvalue weighted by molar-refractivity contribution is 0.0581. The number of ether oxygens (including phenoxy) is 1. The van der Waals surface area contributed by atoms with Gasteiger partial charge in [0.25, 0.3) is 0 Å². The molecule has 0 radical (unpaired) electrons. The summed E-state index contributed by atoms with van der Waals surface area (Å²) >= 11 is 0. The molecule has 5 heteroatoms. The van der Waals surface area contributed by atoms with Crippen molar-refractivity contribution in [3.8, 4) is 5.88 Å². The maximum atomic E-state index is 5.91. The standard InChI is InChI=1S/C22H36N4O/c1-26-12-5-18(6-13-26)7-14-27-21-15-20(24-17-25-21)23-16-19-3-10-22(11-4-19)8-2-9-22/h15,17-19H,2-14,16H2,1H3,(H,23,24,25). The van der Waals surface area contributed by atoms with Gasteiger partial charge in [-0.25, -0.2) is 9.97 Å². The highest BCUT2D eigenvalue weighted by molar-refractivity contribution is 5.37. The summed E-state index contributed by atoms with van der Waals surface area (Å²) in [7, 11) is 2.21. The summed E-state index contributed by atoms with van der Waals surface area (Å²) in [6, 6.07) is 1.96. The molecule has 27 heavy (non-hydrogen) atoms. The Hall–Kier alpha value is -1.36. The van der Waals surface area contributed by atoms with Gasteiger partial charge >= 0.3 is 0 Å². The minimum absolute atomic E-state index is 0.706. The summed E-state index contributed by atoms with van der Waals surface area (Å²) in [5, 5.41) is 3.53. The monoisotopic (exact) mass is 372 g/mol. The van der Waals surface area contributed by atoms with Crippen LogP contribution in [0.2, 0.25) is 0 Å². The number of hydrogen-bond acceptors (Lipinski definition) is 5. The SMILES string of the molecule is CN1CCC(CCOc2cc(NCC3CCC4(CCC4)CC3)ncn2)CC1. The fourth-order valence-corrected chi connectivity index (χ4v) is 5.12. The molecule has 0 amide bonds. The third-order valence-corrected chi connectivity index (χ3v) is 7.41. The second-order valence-electron chi connectivity index (χ2n) is 9.30. The first-order valence-corrected chi connectivity index (χ1v) is 11.1. The van der Waals surface area contributed by atoms with Crippen LogP contribution in [0.15, 0.2) is 12.4 Å². The van der Waals surface area contributed by atoms with E-state index in [-0.39, 0.29) is 0 Å². The first-order valence-electron chi connectivity index (χ1n) is 11.1. The van der Waals surface area contributed by atoms with Gasteiger partial charge in [0.15, 0.2) is 0 Å². The largest absolute Gasteiger partial charge is 0.478 e. The number of rotatable bonds is 7. The highest BCUT2D eigenvalue weighted by Gasteiger charge is 2.39. The molecule has 3 aliphatic rings. The molecular formula is C22H36N4O. The smallest absolute Gasteiger partial charge is 0.218 e. The fourth-order valence-electron chi connectivity index (χ4n) is 5.12. The van der Waals surface area contributed by atoms with Gasteiger partial charge < -0.3 is 15.0 Å². The van der Waals surface area contributed by atoms with Gasteiger partial charge in [-0.3, -0.25) is 0 Å². The molecule has 1 aromatic heterocycles. The average Bonchev–Trinajstić information content (AvgIpc) is 2.67. The summed E-state index contributed by atoms with van der Waals surface area (Å²) in [5.41, 5.74) is 0.750. The van der Waals surface area contributed by atoms with Crippen molar-refractivity contribution in [1.29, 1.82) is 0 Å². The molecule has 1 N–H and O–H groups in total. The molecule has 4 rings (SSSR count). The van der Waals surface area contributed by atoms with E-state index in [0.717, 1.165) is 42.6 Å². The maximum Gasteiger partial charge on any atom is 0.218 e. The molecule has 2 heterocycles. The zero-order valence-corrected chi connectivity index (χ0v) is 17.0. The number of nitrogens with zero attached hydrogens (tertiary/aromatic N) is 3. The minimum Gasteiger partial charge on any atom is -0.478 e. The van der Waals surface area contributed by atoms with E-state index in [1.807, 2.05) is 6.07 Å². The van der Waals surface area contributed by atoms with Crippen LogP contribution in [0.25, 0.3) is 0 Å².